The summed E-state index contributed by atoms with van der Waals surface area (Å²) in [5, 5.41) is 0. The van der Waals surface area contributed by atoms with E-state index in [1.54, 1.807) is 0 Å². The lowest BCUT2D eigenvalue weighted by Crippen LogP contribution is -2.25. The molecule has 2 N–H and O–H groups in total. The maximum atomic E-state index is 11.2. The minimum Gasteiger partial charge on any atom is -0.463 e. The summed E-state index contributed by atoms with van der Waals surface area (Å²) in [5.41, 5.74) is 5.62. The topological polar surface area (TPSA) is 52.3 Å². The van der Waals surface area contributed by atoms with Crippen LogP contribution in [0, 0.1) is 0 Å². The van der Waals surface area contributed by atoms with Crippen LogP contribution >= 0.6 is 0 Å². The van der Waals surface area contributed by atoms with Gasteiger partial charge in [0.2, 0.25) is 0 Å². The molecule has 3 heteroatoms. The van der Waals surface area contributed by atoms with Gasteiger partial charge in [0.25, 0.3) is 0 Å². The lowest BCUT2D eigenvalue weighted by atomic mass is 10.2. The second-order valence-corrected chi connectivity index (χ2v) is 3.46. The lowest BCUT2D eigenvalue weighted by Gasteiger charge is -2.13. The molecule has 0 aromatic carbocycles. The Morgan fingerprint density at radius 3 is 2.54 bits per heavy atom. The third-order valence-corrected chi connectivity index (χ3v) is 1.98. The van der Waals surface area contributed by atoms with E-state index in [1.165, 1.54) is 0 Å². The summed E-state index contributed by atoms with van der Waals surface area (Å²) in [7, 11) is 0. The summed E-state index contributed by atoms with van der Waals surface area (Å²) in [4.78, 5) is 11.2. The highest BCUT2D eigenvalue weighted by Gasteiger charge is 2.11. The van der Waals surface area contributed by atoms with Gasteiger partial charge in [-0.3, -0.25) is 4.79 Å². The molecule has 13 heavy (non-hydrogen) atoms. The molecule has 78 valence electrons. The molecule has 0 heterocycles. The Balaban J connectivity index is 3.61. The minimum atomic E-state index is -0.171. The van der Waals surface area contributed by atoms with Crippen molar-refractivity contribution in [3.8, 4) is 0 Å². The predicted octanol–water partition coefficient (Wildman–Crippen LogP) is 1.85. The zero-order chi connectivity index (χ0) is 10.3. The SMILES string of the molecule is CCCC(C)OC(=O)CC(N)CC. The van der Waals surface area contributed by atoms with Crippen LogP contribution in [0.3, 0.4) is 0 Å². The highest BCUT2D eigenvalue weighted by Crippen LogP contribution is 2.04. The third-order valence-electron chi connectivity index (χ3n) is 1.98. The maximum Gasteiger partial charge on any atom is 0.307 e. The first-order chi connectivity index (χ1) is 6.10. The Bertz CT molecular complexity index is 148. The summed E-state index contributed by atoms with van der Waals surface area (Å²) in [5.74, 6) is -0.171. The van der Waals surface area contributed by atoms with Gasteiger partial charge in [-0.1, -0.05) is 20.3 Å². The van der Waals surface area contributed by atoms with Crippen LogP contribution in [-0.4, -0.2) is 18.1 Å². The van der Waals surface area contributed by atoms with E-state index >= 15 is 0 Å². The fourth-order valence-corrected chi connectivity index (χ4v) is 1.10. The molecule has 2 atom stereocenters. The molecule has 0 aliphatic heterocycles. The molecular formula is C10H21NO2. The van der Waals surface area contributed by atoms with Crippen molar-refractivity contribution in [1.29, 1.82) is 0 Å². The van der Waals surface area contributed by atoms with E-state index in [-0.39, 0.29) is 18.1 Å². The molecule has 0 saturated carbocycles. The number of carbonyl (C=O) groups excluding carboxylic acids is 1. The average Bonchev–Trinajstić information content (AvgIpc) is 2.04. The Kier molecular flexibility index (Phi) is 6.59. The third kappa shape index (κ3) is 6.58. The summed E-state index contributed by atoms with van der Waals surface area (Å²) in [6.45, 7) is 5.95. The van der Waals surface area contributed by atoms with Crippen molar-refractivity contribution in [2.24, 2.45) is 5.73 Å². The minimum absolute atomic E-state index is 0.0292. The van der Waals surface area contributed by atoms with Crippen LogP contribution in [0.15, 0.2) is 0 Å². The molecule has 0 spiro atoms. The second kappa shape index (κ2) is 6.89. The van der Waals surface area contributed by atoms with Crippen molar-refractivity contribution in [3.05, 3.63) is 0 Å². The first-order valence-corrected chi connectivity index (χ1v) is 5.05. The predicted molar refractivity (Wildman–Crippen MR) is 53.3 cm³/mol. The van der Waals surface area contributed by atoms with Gasteiger partial charge in [0, 0.05) is 6.04 Å². The maximum absolute atomic E-state index is 11.2. The molecule has 0 fully saturated rings. The largest absolute Gasteiger partial charge is 0.463 e. The lowest BCUT2D eigenvalue weighted by molar-refractivity contribution is -0.148. The number of nitrogens with two attached hydrogens (primary N) is 1. The normalized spacial score (nSPS) is 15.1. The van der Waals surface area contributed by atoms with Crippen molar-refractivity contribution in [1.82, 2.24) is 0 Å². The number of hydrogen-bond acceptors (Lipinski definition) is 3. The van der Waals surface area contributed by atoms with Gasteiger partial charge >= 0.3 is 5.97 Å². The van der Waals surface area contributed by atoms with Gasteiger partial charge < -0.3 is 10.5 Å². The number of esters is 1. The summed E-state index contributed by atoms with van der Waals surface area (Å²) < 4.78 is 5.14. The summed E-state index contributed by atoms with van der Waals surface area (Å²) in [6, 6.07) is -0.0543. The van der Waals surface area contributed by atoms with E-state index in [0.717, 1.165) is 19.3 Å². The van der Waals surface area contributed by atoms with E-state index in [2.05, 4.69) is 6.92 Å². The molecule has 0 aliphatic carbocycles. The fourth-order valence-electron chi connectivity index (χ4n) is 1.10. The van der Waals surface area contributed by atoms with Gasteiger partial charge in [-0.05, 0) is 19.8 Å². The van der Waals surface area contributed by atoms with Crippen LogP contribution in [0.4, 0.5) is 0 Å². The van der Waals surface area contributed by atoms with Gasteiger partial charge in [0.05, 0.1) is 12.5 Å². The molecular weight excluding hydrogens is 166 g/mol. The van der Waals surface area contributed by atoms with Crippen LogP contribution in [0.1, 0.15) is 46.5 Å². The highest BCUT2D eigenvalue weighted by atomic mass is 16.5. The van der Waals surface area contributed by atoms with Gasteiger partial charge in [-0.2, -0.15) is 0 Å². The molecule has 0 amide bonds. The van der Waals surface area contributed by atoms with Crippen molar-refractivity contribution in [2.75, 3.05) is 0 Å². The first kappa shape index (κ1) is 12.4. The molecule has 0 rings (SSSR count). The Morgan fingerprint density at radius 2 is 2.08 bits per heavy atom. The average molecular weight is 187 g/mol. The van der Waals surface area contributed by atoms with E-state index in [4.69, 9.17) is 10.5 Å². The summed E-state index contributed by atoms with van der Waals surface area (Å²) in [6.07, 6.45) is 3.14. The first-order valence-electron chi connectivity index (χ1n) is 5.05. The van der Waals surface area contributed by atoms with Crippen LogP contribution in [0.2, 0.25) is 0 Å². The molecule has 0 aliphatic rings. The van der Waals surface area contributed by atoms with E-state index in [1.807, 2.05) is 13.8 Å². The second-order valence-electron chi connectivity index (χ2n) is 3.46. The van der Waals surface area contributed by atoms with Gasteiger partial charge in [-0.25, -0.2) is 0 Å². The number of carbonyl (C=O) groups is 1. The summed E-state index contributed by atoms with van der Waals surface area (Å²) >= 11 is 0. The Labute approximate surface area is 80.6 Å². The van der Waals surface area contributed by atoms with Gasteiger partial charge in [0.1, 0.15) is 0 Å². The quantitative estimate of drug-likeness (QED) is 0.645. The molecule has 0 bridgehead atoms. The monoisotopic (exact) mass is 187 g/mol. The van der Waals surface area contributed by atoms with Crippen molar-refractivity contribution in [2.45, 2.75) is 58.6 Å². The zero-order valence-corrected chi connectivity index (χ0v) is 8.88. The molecule has 2 unspecified atom stereocenters. The van der Waals surface area contributed by atoms with Gasteiger partial charge in [-0.15, -0.1) is 0 Å². The molecule has 0 aromatic heterocycles. The van der Waals surface area contributed by atoms with Crippen LogP contribution in [-0.2, 0) is 9.53 Å². The molecule has 0 radical (unpaired) electrons. The van der Waals surface area contributed by atoms with E-state index in [0.29, 0.717) is 6.42 Å². The van der Waals surface area contributed by atoms with Crippen LogP contribution in [0.5, 0.6) is 0 Å². The highest BCUT2D eigenvalue weighted by molar-refractivity contribution is 5.70. The number of hydrogen-bond donors (Lipinski definition) is 1. The van der Waals surface area contributed by atoms with E-state index in [9.17, 15) is 4.79 Å². The van der Waals surface area contributed by atoms with Crippen molar-refractivity contribution >= 4 is 5.97 Å². The van der Waals surface area contributed by atoms with Crippen molar-refractivity contribution < 1.29 is 9.53 Å². The number of rotatable bonds is 6. The Hall–Kier alpha value is -0.570. The van der Waals surface area contributed by atoms with E-state index < -0.39 is 0 Å². The Morgan fingerprint density at radius 1 is 1.46 bits per heavy atom. The molecule has 0 aromatic rings. The number of ether oxygens (including phenoxy) is 1. The molecule has 3 nitrogen and oxygen atoms in total. The van der Waals surface area contributed by atoms with Crippen LogP contribution < -0.4 is 5.73 Å². The van der Waals surface area contributed by atoms with Crippen molar-refractivity contribution in [3.63, 3.8) is 0 Å². The standard InChI is InChI=1S/C10H21NO2/c1-4-6-8(3)13-10(12)7-9(11)5-2/h8-9H,4-7,11H2,1-3H3. The molecule has 0 saturated heterocycles. The fraction of sp³-hybridized carbons (Fsp3) is 0.900. The van der Waals surface area contributed by atoms with Crippen LogP contribution in [0.25, 0.3) is 0 Å². The zero-order valence-electron chi connectivity index (χ0n) is 8.88. The van der Waals surface area contributed by atoms with Gasteiger partial charge in [0.15, 0.2) is 0 Å². The smallest absolute Gasteiger partial charge is 0.307 e.